The number of aryl methyl sites for hydroxylation is 1. The zero-order valence-electron chi connectivity index (χ0n) is 14.6. The molecule has 138 valence electrons. The van der Waals surface area contributed by atoms with E-state index in [0.717, 1.165) is 22.7 Å². The van der Waals surface area contributed by atoms with Gasteiger partial charge in [0.05, 0.1) is 11.4 Å². The highest BCUT2D eigenvalue weighted by Crippen LogP contribution is 2.23. The summed E-state index contributed by atoms with van der Waals surface area (Å²) in [6.07, 6.45) is 1.70. The molecular formula is C19H21FN2O3S. The number of carbonyl (C=O) groups is 1. The van der Waals surface area contributed by atoms with Crippen LogP contribution in [0.15, 0.2) is 53.4 Å². The Morgan fingerprint density at radius 1 is 1.12 bits per heavy atom. The van der Waals surface area contributed by atoms with Crippen molar-refractivity contribution in [3.8, 4) is 0 Å². The van der Waals surface area contributed by atoms with Crippen molar-refractivity contribution in [3.05, 3.63) is 65.5 Å². The number of halogens is 1. The first-order valence-electron chi connectivity index (χ1n) is 8.51. The third kappa shape index (κ3) is 3.88. The lowest BCUT2D eigenvalue weighted by molar-refractivity contribution is 0.187. The zero-order chi connectivity index (χ0) is 18.7. The predicted octanol–water partition coefficient (Wildman–Crippen LogP) is 3.54. The molecule has 2 amide bonds. The van der Waals surface area contributed by atoms with Crippen LogP contribution in [0.5, 0.6) is 0 Å². The summed E-state index contributed by atoms with van der Waals surface area (Å²) in [6.45, 7) is 2.71. The summed E-state index contributed by atoms with van der Waals surface area (Å²) >= 11 is 0. The van der Waals surface area contributed by atoms with Gasteiger partial charge in [0, 0.05) is 13.1 Å². The monoisotopic (exact) mass is 376 g/mol. The smallest absolute Gasteiger partial charge is 0.324 e. The number of rotatable bonds is 4. The van der Waals surface area contributed by atoms with E-state index in [1.165, 1.54) is 35.2 Å². The maximum absolute atomic E-state index is 13.5. The molecule has 0 N–H and O–H groups in total. The van der Waals surface area contributed by atoms with E-state index in [9.17, 15) is 17.6 Å². The molecule has 1 fully saturated rings. The van der Waals surface area contributed by atoms with Gasteiger partial charge in [0.1, 0.15) is 5.82 Å². The van der Waals surface area contributed by atoms with Crippen LogP contribution in [0.3, 0.4) is 0 Å². The first kappa shape index (κ1) is 18.4. The van der Waals surface area contributed by atoms with Crippen molar-refractivity contribution in [3.63, 3.8) is 0 Å². The minimum absolute atomic E-state index is 0.0482. The minimum Gasteiger partial charge on any atom is -0.324 e. The quantitative estimate of drug-likeness (QED) is 0.820. The second kappa shape index (κ2) is 7.45. The summed E-state index contributed by atoms with van der Waals surface area (Å²) in [5.41, 5.74) is 1.35. The largest absolute Gasteiger partial charge is 0.334 e. The fourth-order valence-electron chi connectivity index (χ4n) is 2.96. The van der Waals surface area contributed by atoms with Gasteiger partial charge in [0.15, 0.2) is 0 Å². The molecule has 0 unspecified atom stereocenters. The van der Waals surface area contributed by atoms with Crippen LogP contribution in [-0.4, -0.2) is 36.7 Å². The summed E-state index contributed by atoms with van der Waals surface area (Å²) in [6, 6.07) is 11.4. The van der Waals surface area contributed by atoms with E-state index in [1.54, 1.807) is 18.2 Å². The summed E-state index contributed by atoms with van der Waals surface area (Å²) in [5.74, 6) is -0.469. The highest BCUT2D eigenvalue weighted by atomic mass is 32.2. The molecule has 1 aliphatic rings. The number of amides is 2. The van der Waals surface area contributed by atoms with E-state index in [4.69, 9.17) is 0 Å². The predicted molar refractivity (Wildman–Crippen MR) is 96.5 cm³/mol. The number of hydrogen-bond acceptors (Lipinski definition) is 3. The highest BCUT2D eigenvalue weighted by molar-refractivity contribution is 7.89. The minimum atomic E-state index is -4.05. The lowest BCUT2D eigenvalue weighted by Crippen LogP contribution is -2.44. The van der Waals surface area contributed by atoms with Crippen molar-refractivity contribution in [2.75, 3.05) is 13.1 Å². The topological polar surface area (TPSA) is 57.7 Å². The molecule has 0 spiro atoms. The van der Waals surface area contributed by atoms with Crippen molar-refractivity contribution in [1.82, 2.24) is 9.21 Å². The average Bonchev–Trinajstić information content (AvgIpc) is 3.14. The molecule has 0 bridgehead atoms. The Morgan fingerprint density at radius 3 is 2.38 bits per heavy atom. The molecule has 5 nitrogen and oxygen atoms in total. The highest BCUT2D eigenvalue weighted by Gasteiger charge is 2.33. The van der Waals surface area contributed by atoms with Crippen LogP contribution >= 0.6 is 0 Å². The van der Waals surface area contributed by atoms with Gasteiger partial charge in [-0.15, -0.1) is 0 Å². The molecular weight excluding hydrogens is 355 g/mol. The number of likely N-dealkylation sites (tertiary alicyclic amines) is 1. The third-order valence-electron chi connectivity index (χ3n) is 4.41. The number of urea groups is 1. The lowest BCUT2D eigenvalue weighted by Gasteiger charge is -2.27. The summed E-state index contributed by atoms with van der Waals surface area (Å²) in [7, 11) is -4.05. The van der Waals surface area contributed by atoms with E-state index >= 15 is 0 Å². The first-order chi connectivity index (χ1) is 12.4. The molecule has 2 aromatic rings. The van der Waals surface area contributed by atoms with E-state index in [0.29, 0.717) is 18.7 Å². The molecule has 0 atom stereocenters. The van der Waals surface area contributed by atoms with Gasteiger partial charge in [0.25, 0.3) is 10.0 Å². The number of benzene rings is 2. The van der Waals surface area contributed by atoms with E-state index in [-0.39, 0.29) is 11.4 Å². The molecule has 2 aromatic carbocycles. The average molecular weight is 376 g/mol. The van der Waals surface area contributed by atoms with Crippen molar-refractivity contribution in [2.45, 2.75) is 31.2 Å². The van der Waals surface area contributed by atoms with Crippen LogP contribution in [0.25, 0.3) is 0 Å². The Hall–Kier alpha value is -2.41. The van der Waals surface area contributed by atoms with Gasteiger partial charge in [-0.3, -0.25) is 0 Å². The van der Waals surface area contributed by atoms with Gasteiger partial charge in [-0.25, -0.2) is 21.9 Å². The van der Waals surface area contributed by atoms with Crippen LogP contribution in [-0.2, 0) is 16.6 Å². The van der Waals surface area contributed by atoms with Crippen LogP contribution < -0.4 is 0 Å². The van der Waals surface area contributed by atoms with Gasteiger partial charge in [-0.05, 0) is 49.6 Å². The maximum Gasteiger partial charge on any atom is 0.334 e. The molecule has 3 rings (SSSR count). The molecule has 26 heavy (non-hydrogen) atoms. The summed E-state index contributed by atoms with van der Waals surface area (Å²) < 4.78 is 40.6. The Labute approximate surface area is 153 Å². The number of carbonyl (C=O) groups excluding carboxylic acids is 1. The van der Waals surface area contributed by atoms with Crippen LogP contribution in [0, 0.1) is 12.7 Å². The van der Waals surface area contributed by atoms with Crippen molar-refractivity contribution in [2.24, 2.45) is 0 Å². The fourth-order valence-corrected chi connectivity index (χ4v) is 4.33. The standard InChI is InChI=1S/C19H21FN2O3S/c1-15-7-9-18(10-8-15)26(24,25)22(19(23)21-11-2-3-12-21)14-16-5-4-6-17(20)13-16/h4-10,13H,2-3,11-12,14H2,1H3. The van der Waals surface area contributed by atoms with Crippen molar-refractivity contribution < 1.29 is 17.6 Å². The summed E-state index contributed by atoms with van der Waals surface area (Å²) in [5, 5.41) is 0. The molecule has 0 radical (unpaired) electrons. The summed E-state index contributed by atoms with van der Waals surface area (Å²) in [4.78, 5) is 14.5. The third-order valence-corrected chi connectivity index (χ3v) is 6.15. The van der Waals surface area contributed by atoms with Crippen molar-refractivity contribution in [1.29, 1.82) is 0 Å². The van der Waals surface area contributed by atoms with Crippen LogP contribution in [0.2, 0.25) is 0 Å². The van der Waals surface area contributed by atoms with E-state index < -0.39 is 21.9 Å². The van der Waals surface area contributed by atoms with Crippen LogP contribution in [0.1, 0.15) is 24.0 Å². The van der Waals surface area contributed by atoms with E-state index in [2.05, 4.69) is 0 Å². The molecule has 0 saturated carbocycles. The van der Waals surface area contributed by atoms with Gasteiger partial charge in [-0.2, -0.15) is 0 Å². The molecule has 0 aromatic heterocycles. The first-order valence-corrected chi connectivity index (χ1v) is 9.95. The Kier molecular flexibility index (Phi) is 5.27. The maximum atomic E-state index is 13.5. The number of hydrogen-bond donors (Lipinski definition) is 0. The van der Waals surface area contributed by atoms with E-state index in [1.807, 2.05) is 6.92 Å². The molecule has 1 aliphatic heterocycles. The Balaban J connectivity index is 1.98. The number of sulfonamides is 1. The molecule has 1 heterocycles. The van der Waals surface area contributed by atoms with Gasteiger partial charge in [-0.1, -0.05) is 29.8 Å². The van der Waals surface area contributed by atoms with Gasteiger partial charge < -0.3 is 4.90 Å². The fraction of sp³-hybridized carbons (Fsp3) is 0.316. The van der Waals surface area contributed by atoms with Gasteiger partial charge >= 0.3 is 6.03 Å². The molecule has 1 saturated heterocycles. The van der Waals surface area contributed by atoms with Gasteiger partial charge in [0.2, 0.25) is 0 Å². The SMILES string of the molecule is Cc1ccc(S(=O)(=O)N(Cc2cccc(F)c2)C(=O)N2CCCC2)cc1. The zero-order valence-corrected chi connectivity index (χ0v) is 15.4. The molecule has 0 aliphatic carbocycles. The lowest BCUT2D eigenvalue weighted by atomic mass is 10.2. The Morgan fingerprint density at radius 2 is 1.77 bits per heavy atom. The second-order valence-electron chi connectivity index (χ2n) is 6.43. The van der Waals surface area contributed by atoms with Crippen LogP contribution in [0.4, 0.5) is 9.18 Å². The van der Waals surface area contributed by atoms with Crippen molar-refractivity contribution >= 4 is 16.1 Å². The normalized spacial score (nSPS) is 14.5. The number of nitrogens with zero attached hydrogens (tertiary/aromatic N) is 2. The second-order valence-corrected chi connectivity index (χ2v) is 8.29. The Bertz CT molecular complexity index is 891. The molecule has 7 heteroatoms.